The molecule has 3 rings (SSSR count). The lowest BCUT2D eigenvalue weighted by atomic mass is 10.0. The molecular weight excluding hydrogens is 354 g/mol. The Hall–Kier alpha value is -1.99. The monoisotopic (exact) mass is 373 g/mol. The second kappa shape index (κ2) is 7.09. The van der Waals surface area contributed by atoms with Gasteiger partial charge in [0.05, 0.1) is 16.0 Å². The Bertz CT molecular complexity index is 930. The number of ketones is 1. The zero-order valence-electron chi connectivity index (χ0n) is 14.8. The first kappa shape index (κ1) is 17.8. The maximum atomic E-state index is 12.7. The number of hydrogen-bond acceptors (Lipinski definition) is 7. The van der Waals surface area contributed by atoms with Crippen molar-refractivity contribution < 1.29 is 9.21 Å². The van der Waals surface area contributed by atoms with Crippen molar-refractivity contribution in [3.05, 3.63) is 45.6 Å². The summed E-state index contributed by atoms with van der Waals surface area (Å²) < 4.78 is 5.73. The summed E-state index contributed by atoms with van der Waals surface area (Å²) in [5, 5.41) is 9.22. The van der Waals surface area contributed by atoms with Crippen LogP contribution in [0.2, 0.25) is 0 Å². The molecule has 0 saturated carbocycles. The van der Waals surface area contributed by atoms with Crippen LogP contribution in [0.25, 0.3) is 10.8 Å². The summed E-state index contributed by atoms with van der Waals surface area (Å²) in [5.41, 5.74) is 3.67. The zero-order chi connectivity index (χ0) is 18.1. The predicted molar refractivity (Wildman–Crippen MR) is 100 cm³/mol. The summed E-state index contributed by atoms with van der Waals surface area (Å²) in [6, 6.07) is 5.91. The molecule has 0 aliphatic rings. The van der Waals surface area contributed by atoms with E-state index < -0.39 is 0 Å². The number of rotatable bonds is 5. The third-order valence-corrected chi connectivity index (χ3v) is 5.80. The van der Waals surface area contributed by atoms with Gasteiger partial charge in [-0.2, -0.15) is 0 Å². The average Bonchev–Trinajstić information content (AvgIpc) is 3.14. The van der Waals surface area contributed by atoms with E-state index in [0.29, 0.717) is 11.1 Å². The fraction of sp³-hybridized carbons (Fsp3) is 0.333. The SMILES string of the molecule is Cc1ccc(C)c(C(=O)C(C)Sc2nnc(-c3sc(C)nc3C)o2)c1. The van der Waals surface area contributed by atoms with Crippen LogP contribution in [0.3, 0.4) is 0 Å². The van der Waals surface area contributed by atoms with Crippen LogP contribution < -0.4 is 0 Å². The summed E-state index contributed by atoms with van der Waals surface area (Å²) >= 11 is 2.81. The summed E-state index contributed by atoms with van der Waals surface area (Å²) in [5.74, 6) is 0.521. The van der Waals surface area contributed by atoms with E-state index in [-0.39, 0.29) is 11.0 Å². The number of aryl methyl sites for hydroxylation is 4. The van der Waals surface area contributed by atoms with Gasteiger partial charge in [0.25, 0.3) is 11.1 Å². The number of benzene rings is 1. The van der Waals surface area contributed by atoms with Gasteiger partial charge in [0.15, 0.2) is 5.78 Å². The lowest BCUT2D eigenvalue weighted by Crippen LogP contribution is -2.15. The fourth-order valence-corrected chi connectivity index (χ4v) is 4.10. The number of hydrogen-bond donors (Lipinski definition) is 0. The minimum Gasteiger partial charge on any atom is -0.410 e. The third-order valence-electron chi connectivity index (χ3n) is 3.81. The number of nitrogens with zero attached hydrogens (tertiary/aromatic N) is 3. The van der Waals surface area contributed by atoms with Gasteiger partial charge in [-0.1, -0.05) is 29.5 Å². The van der Waals surface area contributed by atoms with E-state index in [4.69, 9.17) is 4.42 Å². The Kier molecular flexibility index (Phi) is 5.06. The Morgan fingerprint density at radius 1 is 1.20 bits per heavy atom. The molecule has 1 aromatic carbocycles. The van der Waals surface area contributed by atoms with Gasteiger partial charge in [0.1, 0.15) is 4.88 Å². The topological polar surface area (TPSA) is 68.9 Å². The van der Waals surface area contributed by atoms with E-state index in [1.807, 2.05) is 52.8 Å². The second-order valence-electron chi connectivity index (χ2n) is 5.96. The molecule has 0 aliphatic carbocycles. The van der Waals surface area contributed by atoms with Gasteiger partial charge in [-0.15, -0.1) is 21.5 Å². The van der Waals surface area contributed by atoms with E-state index in [1.54, 1.807) is 0 Å². The molecule has 0 amide bonds. The highest BCUT2D eigenvalue weighted by atomic mass is 32.2. The first-order chi connectivity index (χ1) is 11.8. The molecule has 25 heavy (non-hydrogen) atoms. The Morgan fingerprint density at radius 3 is 2.64 bits per heavy atom. The van der Waals surface area contributed by atoms with Crippen LogP contribution in [-0.2, 0) is 0 Å². The molecule has 0 spiro atoms. The Morgan fingerprint density at radius 2 is 1.96 bits per heavy atom. The molecule has 0 fully saturated rings. The molecule has 2 aromatic heterocycles. The summed E-state index contributed by atoms with van der Waals surface area (Å²) in [6.45, 7) is 9.66. The maximum Gasteiger partial charge on any atom is 0.277 e. The molecule has 130 valence electrons. The van der Waals surface area contributed by atoms with Gasteiger partial charge in [0.2, 0.25) is 0 Å². The molecule has 0 N–H and O–H groups in total. The van der Waals surface area contributed by atoms with Gasteiger partial charge in [-0.05, 0) is 46.2 Å². The summed E-state index contributed by atoms with van der Waals surface area (Å²) in [6.07, 6.45) is 0. The predicted octanol–water partition coefficient (Wildman–Crippen LogP) is 4.79. The molecule has 2 heterocycles. The minimum absolute atomic E-state index is 0.0655. The third kappa shape index (κ3) is 3.82. The smallest absolute Gasteiger partial charge is 0.277 e. The van der Waals surface area contributed by atoms with Crippen LogP contribution in [0.5, 0.6) is 0 Å². The van der Waals surface area contributed by atoms with Crippen LogP contribution in [0.4, 0.5) is 0 Å². The molecule has 0 radical (unpaired) electrons. The van der Waals surface area contributed by atoms with E-state index in [2.05, 4.69) is 15.2 Å². The first-order valence-corrected chi connectivity index (χ1v) is 9.61. The van der Waals surface area contributed by atoms with E-state index in [1.165, 1.54) is 23.1 Å². The molecule has 1 atom stereocenters. The molecule has 5 nitrogen and oxygen atoms in total. The molecule has 0 aliphatic heterocycles. The van der Waals surface area contributed by atoms with Gasteiger partial charge in [-0.25, -0.2) is 4.98 Å². The van der Waals surface area contributed by atoms with Crippen LogP contribution >= 0.6 is 23.1 Å². The lowest BCUT2D eigenvalue weighted by molar-refractivity contribution is 0.0993. The van der Waals surface area contributed by atoms with Gasteiger partial charge >= 0.3 is 0 Å². The number of Topliss-reactive ketones (excluding diaryl/α,β-unsaturated/α-hetero) is 1. The van der Waals surface area contributed by atoms with Crippen molar-refractivity contribution in [3.63, 3.8) is 0 Å². The highest BCUT2D eigenvalue weighted by Gasteiger charge is 2.22. The van der Waals surface area contributed by atoms with E-state index >= 15 is 0 Å². The van der Waals surface area contributed by atoms with Gasteiger partial charge < -0.3 is 4.42 Å². The van der Waals surface area contributed by atoms with E-state index in [9.17, 15) is 4.79 Å². The molecule has 0 bridgehead atoms. The summed E-state index contributed by atoms with van der Waals surface area (Å²) in [7, 11) is 0. The van der Waals surface area contributed by atoms with Crippen molar-refractivity contribution >= 4 is 28.9 Å². The van der Waals surface area contributed by atoms with Crippen molar-refractivity contribution in [2.24, 2.45) is 0 Å². The Labute approximate surface area is 154 Å². The van der Waals surface area contributed by atoms with Crippen molar-refractivity contribution in [2.45, 2.75) is 45.1 Å². The number of carbonyl (C=O) groups excluding carboxylic acids is 1. The van der Waals surface area contributed by atoms with Gasteiger partial charge in [0, 0.05) is 5.56 Å². The molecule has 0 saturated heterocycles. The van der Waals surface area contributed by atoms with Crippen LogP contribution in [-0.4, -0.2) is 26.2 Å². The average molecular weight is 374 g/mol. The molecule has 7 heteroatoms. The zero-order valence-corrected chi connectivity index (χ0v) is 16.4. The standard InChI is InChI=1S/C18H19N3O2S2/c1-9-6-7-10(2)14(8-9)15(22)12(4)24-18-21-20-17(23-18)16-11(3)19-13(5)25-16/h6-8,12H,1-5H3. The van der Waals surface area contributed by atoms with Gasteiger partial charge in [-0.3, -0.25) is 4.79 Å². The number of aromatic nitrogens is 3. The van der Waals surface area contributed by atoms with Crippen molar-refractivity contribution in [3.8, 4) is 10.8 Å². The molecule has 1 unspecified atom stereocenters. The largest absolute Gasteiger partial charge is 0.410 e. The Balaban J connectivity index is 1.77. The van der Waals surface area contributed by atoms with E-state index in [0.717, 1.165) is 32.3 Å². The maximum absolute atomic E-state index is 12.7. The summed E-state index contributed by atoms with van der Waals surface area (Å²) in [4.78, 5) is 18.0. The van der Waals surface area contributed by atoms with Crippen molar-refractivity contribution in [2.75, 3.05) is 0 Å². The van der Waals surface area contributed by atoms with Crippen molar-refractivity contribution in [1.29, 1.82) is 0 Å². The van der Waals surface area contributed by atoms with Crippen molar-refractivity contribution in [1.82, 2.24) is 15.2 Å². The molecule has 3 aromatic rings. The van der Waals surface area contributed by atoms with Crippen LogP contribution in [0.15, 0.2) is 27.8 Å². The number of thioether (sulfide) groups is 1. The minimum atomic E-state index is -0.307. The number of thiazole rings is 1. The highest BCUT2D eigenvalue weighted by Crippen LogP contribution is 2.32. The fourth-order valence-electron chi connectivity index (χ4n) is 2.50. The lowest BCUT2D eigenvalue weighted by Gasteiger charge is -2.10. The van der Waals surface area contributed by atoms with Crippen LogP contribution in [0, 0.1) is 27.7 Å². The number of carbonyl (C=O) groups is 1. The van der Waals surface area contributed by atoms with Crippen LogP contribution in [0.1, 0.15) is 39.1 Å². The highest BCUT2D eigenvalue weighted by molar-refractivity contribution is 8.00. The second-order valence-corrected chi connectivity index (χ2v) is 8.46. The molecular formula is C18H19N3O2S2. The quantitative estimate of drug-likeness (QED) is 0.473. The first-order valence-electron chi connectivity index (χ1n) is 7.91. The normalized spacial score (nSPS) is 12.4.